The minimum absolute atomic E-state index is 0.166. The highest BCUT2D eigenvalue weighted by molar-refractivity contribution is 5.75. The summed E-state index contributed by atoms with van der Waals surface area (Å²) in [5.41, 5.74) is 10.00. The predicted octanol–water partition coefficient (Wildman–Crippen LogP) is 3.68. The first-order valence-corrected chi connectivity index (χ1v) is 7.07. The number of anilines is 1. The first kappa shape index (κ1) is 13.5. The quantitative estimate of drug-likeness (QED) is 0.796. The first-order chi connectivity index (χ1) is 10.1. The molecule has 0 fully saturated rings. The number of hydrogen-bond acceptors (Lipinski definition) is 3. The molecule has 2 N–H and O–H groups in total. The van der Waals surface area contributed by atoms with Crippen LogP contribution in [0.3, 0.4) is 0 Å². The van der Waals surface area contributed by atoms with Gasteiger partial charge in [0.05, 0.1) is 6.10 Å². The molecule has 0 aliphatic carbocycles. The molecule has 2 aromatic heterocycles. The maximum atomic E-state index is 6.26. The molecule has 21 heavy (non-hydrogen) atoms. The van der Waals surface area contributed by atoms with Crippen LogP contribution in [0, 0.1) is 6.92 Å². The number of aryl methyl sites for hydroxylation is 1. The van der Waals surface area contributed by atoms with Crippen LogP contribution in [0.1, 0.15) is 19.5 Å². The lowest BCUT2D eigenvalue weighted by molar-refractivity contribution is 0.242. The minimum Gasteiger partial charge on any atom is -0.491 e. The van der Waals surface area contributed by atoms with Gasteiger partial charge in [0.15, 0.2) is 0 Å². The summed E-state index contributed by atoms with van der Waals surface area (Å²) >= 11 is 0. The molecule has 0 saturated heterocycles. The van der Waals surface area contributed by atoms with Crippen LogP contribution in [-0.4, -0.2) is 15.5 Å². The summed E-state index contributed by atoms with van der Waals surface area (Å²) in [6.07, 6.45) is 0.166. The zero-order chi connectivity index (χ0) is 15.0. The van der Waals surface area contributed by atoms with E-state index in [2.05, 4.69) is 4.98 Å². The van der Waals surface area contributed by atoms with Gasteiger partial charge in [-0.25, -0.2) is 4.98 Å². The van der Waals surface area contributed by atoms with E-state index >= 15 is 0 Å². The zero-order valence-electron chi connectivity index (χ0n) is 12.5. The van der Waals surface area contributed by atoms with Crippen LogP contribution >= 0.6 is 0 Å². The number of imidazole rings is 1. The van der Waals surface area contributed by atoms with Crippen molar-refractivity contribution in [2.24, 2.45) is 0 Å². The lowest BCUT2D eigenvalue weighted by atomic mass is 10.1. The summed E-state index contributed by atoms with van der Waals surface area (Å²) < 4.78 is 7.62. The van der Waals surface area contributed by atoms with E-state index in [0.717, 1.165) is 28.3 Å². The molecule has 0 aliphatic rings. The van der Waals surface area contributed by atoms with Crippen LogP contribution in [-0.2, 0) is 0 Å². The molecule has 0 amide bonds. The van der Waals surface area contributed by atoms with Gasteiger partial charge in [-0.05, 0) is 57.2 Å². The van der Waals surface area contributed by atoms with Gasteiger partial charge in [-0.3, -0.25) is 4.40 Å². The van der Waals surface area contributed by atoms with E-state index in [0.29, 0.717) is 5.82 Å². The van der Waals surface area contributed by atoms with Crippen molar-refractivity contribution in [2.45, 2.75) is 26.9 Å². The Morgan fingerprint density at radius 2 is 1.81 bits per heavy atom. The molecule has 0 aliphatic heterocycles. The van der Waals surface area contributed by atoms with E-state index in [-0.39, 0.29) is 6.10 Å². The Hall–Kier alpha value is -2.49. The molecule has 0 radical (unpaired) electrons. The average Bonchev–Trinajstić information content (AvgIpc) is 2.78. The van der Waals surface area contributed by atoms with Crippen molar-refractivity contribution < 1.29 is 4.74 Å². The number of benzene rings is 1. The summed E-state index contributed by atoms with van der Waals surface area (Å²) in [6.45, 7) is 6.04. The topological polar surface area (TPSA) is 52.5 Å². The fourth-order valence-electron chi connectivity index (χ4n) is 2.46. The number of nitrogens with zero attached hydrogens (tertiary/aromatic N) is 2. The van der Waals surface area contributed by atoms with Gasteiger partial charge >= 0.3 is 0 Å². The molecule has 0 atom stereocenters. The molecule has 2 heterocycles. The normalized spacial score (nSPS) is 11.2. The van der Waals surface area contributed by atoms with Crippen LogP contribution in [0.5, 0.6) is 5.75 Å². The van der Waals surface area contributed by atoms with Crippen LogP contribution < -0.4 is 10.5 Å². The van der Waals surface area contributed by atoms with Crippen molar-refractivity contribution >= 4 is 11.5 Å². The molecule has 0 unspecified atom stereocenters. The Morgan fingerprint density at radius 1 is 1.10 bits per heavy atom. The van der Waals surface area contributed by atoms with Gasteiger partial charge in [-0.2, -0.15) is 0 Å². The fraction of sp³-hybridized carbons (Fsp3) is 0.235. The summed E-state index contributed by atoms with van der Waals surface area (Å²) in [7, 11) is 0. The summed E-state index contributed by atoms with van der Waals surface area (Å²) in [5, 5.41) is 0. The monoisotopic (exact) mass is 281 g/mol. The Morgan fingerprint density at radius 3 is 2.43 bits per heavy atom. The molecule has 1 aromatic carbocycles. The highest BCUT2D eigenvalue weighted by atomic mass is 16.5. The number of pyridine rings is 1. The van der Waals surface area contributed by atoms with Gasteiger partial charge < -0.3 is 10.5 Å². The number of aromatic nitrogens is 2. The van der Waals surface area contributed by atoms with Crippen molar-refractivity contribution in [2.75, 3.05) is 5.73 Å². The Kier molecular flexibility index (Phi) is 3.29. The van der Waals surface area contributed by atoms with E-state index in [1.54, 1.807) is 0 Å². The molecule has 0 saturated carbocycles. The van der Waals surface area contributed by atoms with Gasteiger partial charge in [-0.1, -0.05) is 6.07 Å². The van der Waals surface area contributed by atoms with Crippen LogP contribution in [0.25, 0.3) is 16.9 Å². The van der Waals surface area contributed by atoms with E-state index in [4.69, 9.17) is 10.5 Å². The minimum atomic E-state index is 0.166. The van der Waals surface area contributed by atoms with Gasteiger partial charge in [-0.15, -0.1) is 0 Å². The number of fused-ring (bicyclic) bond motifs is 1. The van der Waals surface area contributed by atoms with Gasteiger partial charge in [0, 0.05) is 11.3 Å². The lowest BCUT2D eigenvalue weighted by Gasteiger charge is -2.09. The number of nitrogen functional groups attached to an aromatic ring is 1. The Bertz CT molecular complexity index is 773. The second-order valence-electron chi connectivity index (χ2n) is 5.40. The van der Waals surface area contributed by atoms with Gasteiger partial charge in [0.1, 0.15) is 22.9 Å². The van der Waals surface area contributed by atoms with E-state index in [9.17, 15) is 0 Å². The van der Waals surface area contributed by atoms with E-state index < -0.39 is 0 Å². The van der Waals surface area contributed by atoms with Crippen molar-refractivity contribution in [1.82, 2.24) is 9.38 Å². The Balaban J connectivity index is 2.04. The number of nitrogens with two attached hydrogens (primary N) is 1. The molecule has 0 bridgehead atoms. The summed E-state index contributed by atoms with van der Waals surface area (Å²) in [5.74, 6) is 1.52. The van der Waals surface area contributed by atoms with Crippen LogP contribution in [0.4, 0.5) is 5.82 Å². The smallest absolute Gasteiger partial charge is 0.139 e. The zero-order valence-corrected chi connectivity index (χ0v) is 12.5. The predicted molar refractivity (Wildman–Crippen MR) is 85.5 cm³/mol. The molecule has 4 nitrogen and oxygen atoms in total. The second kappa shape index (κ2) is 5.13. The number of ether oxygens (including phenoxy) is 1. The van der Waals surface area contributed by atoms with Crippen molar-refractivity contribution in [3.8, 4) is 17.0 Å². The maximum Gasteiger partial charge on any atom is 0.139 e. The van der Waals surface area contributed by atoms with Gasteiger partial charge in [0.25, 0.3) is 0 Å². The van der Waals surface area contributed by atoms with Crippen LogP contribution in [0.2, 0.25) is 0 Å². The Labute approximate surface area is 124 Å². The maximum absolute atomic E-state index is 6.26. The van der Waals surface area contributed by atoms with E-state index in [1.807, 2.05) is 67.6 Å². The largest absolute Gasteiger partial charge is 0.491 e. The number of rotatable bonds is 3. The fourth-order valence-corrected chi connectivity index (χ4v) is 2.46. The third kappa shape index (κ3) is 2.44. The summed E-state index contributed by atoms with van der Waals surface area (Å²) in [6, 6.07) is 13.9. The average molecular weight is 281 g/mol. The standard InChI is InChI=1S/C17H19N3O/c1-11(2)21-14-9-7-13(8-10-14)16-17(18)20-12(3)5-4-6-15(20)19-16/h4-11H,18H2,1-3H3. The molecule has 3 rings (SSSR count). The molecule has 108 valence electrons. The second-order valence-corrected chi connectivity index (χ2v) is 5.40. The third-order valence-corrected chi connectivity index (χ3v) is 3.37. The molecule has 0 spiro atoms. The lowest BCUT2D eigenvalue weighted by Crippen LogP contribution is -2.05. The molecule has 3 aromatic rings. The van der Waals surface area contributed by atoms with Crippen molar-refractivity contribution in [3.63, 3.8) is 0 Å². The third-order valence-electron chi connectivity index (χ3n) is 3.37. The molecule has 4 heteroatoms. The van der Waals surface area contributed by atoms with Crippen LogP contribution in [0.15, 0.2) is 42.5 Å². The molecular weight excluding hydrogens is 262 g/mol. The SMILES string of the molecule is Cc1cccc2nc(-c3ccc(OC(C)C)cc3)c(N)n12. The first-order valence-electron chi connectivity index (χ1n) is 7.07. The van der Waals surface area contributed by atoms with Crippen molar-refractivity contribution in [3.05, 3.63) is 48.2 Å². The van der Waals surface area contributed by atoms with Crippen molar-refractivity contribution in [1.29, 1.82) is 0 Å². The molecular formula is C17H19N3O. The summed E-state index contributed by atoms with van der Waals surface area (Å²) in [4.78, 5) is 4.63. The highest BCUT2D eigenvalue weighted by Gasteiger charge is 2.12. The van der Waals surface area contributed by atoms with Gasteiger partial charge in [0.2, 0.25) is 0 Å². The number of hydrogen-bond donors (Lipinski definition) is 1. The highest BCUT2D eigenvalue weighted by Crippen LogP contribution is 2.28. The van der Waals surface area contributed by atoms with E-state index in [1.165, 1.54) is 0 Å².